The van der Waals surface area contributed by atoms with E-state index in [1.165, 1.54) is 30.3 Å². The van der Waals surface area contributed by atoms with Crippen molar-refractivity contribution in [3.05, 3.63) is 108 Å². The summed E-state index contributed by atoms with van der Waals surface area (Å²) in [6, 6.07) is 21.9. The summed E-state index contributed by atoms with van der Waals surface area (Å²) < 4.78 is 34.6. The van der Waals surface area contributed by atoms with Crippen LogP contribution in [0, 0.1) is 5.41 Å². The number of pyridine rings is 1. The Kier molecular flexibility index (Phi) is 6.64. The number of allylic oxidation sites excluding steroid dienone is 2. The lowest BCUT2D eigenvalue weighted by atomic mass is 9.68. The number of nitrogens with one attached hydrogen (secondary N) is 1. The molecule has 1 unspecified atom stereocenters. The Morgan fingerprint density at radius 3 is 2.41 bits per heavy atom. The van der Waals surface area contributed by atoms with Crippen LogP contribution in [-0.4, -0.2) is 27.9 Å². The Labute approximate surface area is 224 Å². The number of carbonyl (C=O) groups is 2. The second-order valence-electron chi connectivity index (χ2n) is 10.3. The number of hydrogen-bond donors (Lipinski definition) is 2. The molecule has 1 aliphatic carbocycles. The summed E-state index contributed by atoms with van der Waals surface area (Å²) in [6.45, 7) is 3.60. The Morgan fingerprint density at radius 2 is 1.69 bits per heavy atom. The van der Waals surface area contributed by atoms with E-state index in [0.717, 1.165) is 11.5 Å². The van der Waals surface area contributed by atoms with Crippen LogP contribution in [0.15, 0.2) is 91.0 Å². The van der Waals surface area contributed by atoms with Gasteiger partial charge in [-0.2, -0.15) is 0 Å². The van der Waals surface area contributed by atoms with Crippen molar-refractivity contribution in [1.29, 1.82) is 0 Å². The second-order valence-corrected chi connectivity index (χ2v) is 10.3. The Bertz CT molecular complexity index is 1600. The van der Waals surface area contributed by atoms with Gasteiger partial charge in [0.25, 0.3) is 11.8 Å². The number of carboxylic acids is 1. The van der Waals surface area contributed by atoms with E-state index in [1.807, 2.05) is 30.3 Å². The van der Waals surface area contributed by atoms with E-state index in [9.17, 15) is 18.4 Å². The van der Waals surface area contributed by atoms with Gasteiger partial charge < -0.3 is 15.2 Å². The molecule has 0 bridgehead atoms. The molecule has 6 nitrogen and oxygen atoms in total. The van der Waals surface area contributed by atoms with Gasteiger partial charge in [0, 0.05) is 29.0 Å². The molecule has 2 N–H and O–H groups in total. The van der Waals surface area contributed by atoms with Crippen LogP contribution in [-0.2, 0) is 0 Å². The zero-order valence-electron chi connectivity index (χ0n) is 21.3. The zero-order valence-corrected chi connectivity index (χ0v) is 21.3. The minimum atomic E-state index is -2.89. The van der Waals surface area contributed by atoms with Gasteiger partial charge in [0.15, 0.2) is 0 Å². The average molecular weight is 529 g/mol. The molecule has 4 aromatic rings. The number of anilines is 1. The topological polar surface area (TPSA) is 88.5 Å². The number of hydrogen-bond acceptors (Lipinski definition) is 4. The highest BCUT2D eigenvalue weighted by Gasteiger charge is 2.43. The van der Waals surface area contributed by atoms with Crippen molar-refractivity contribution in [1.82, 2.24) is 4.98 Å². The predicted octanol–water partition coefficient (Wildman–Crippen LogP) is 7.68. The number of fused-ring (bicyclic) bond motifs is 1. The molecule has 0 aliphatic heterocycles. The smallest absolute Gasteiger partial charge is 0.335 e. The first-order valence-corrected chi connectivity index (χ1v) is 12.4. The van der Waals surface area contributed by atoms with Crippen molar-refractivity contribution >= 4 is 28.5 Å². The maximum atomic E-state index is 14.2. The Balaban J connectivity index is 1.53. The molecule has 5 rings (SSSR count). The fourth-order valence-corrected chi connectivity index (χ4v) is 4.97. The van der Waals surface area contributed by atoms with Crippen LogP contribution in [0.4, 0.5) is 14.5 Å². The molecule has 0 fully saturated rings. The lowest BCUT2D eigenvalue weighted by Gasteiger charge is -2.39. The monoisotopic (exact) mass is 528 g/mol. The van der Waals surface area contributed by atoms with Gasteiger partial charge in [0.2, 0.25) is 5.88 Å². The standard InChI is InChI=1S/C31H26F2N2O4/c1-30(2)18-31(32,33)16-15-24(30)22-8-4-6-10-26(22)39-28-23(17-20-7-3-5-9-25(20)35-28)27(36)34-21-13-11-19(12-14-21)29(37)38/h3-17,24H,18H2,1-2H3,(H,34,36)(H,37,38). The molecule has 0 spiro atoms. The van der Waals surface area contributed by atoms with Gasteiger partial charge >= 0.3 is 5.97 Å². The fraction of sp³-hybridized carbons (Fsp3) is 0.194. The minimum Gasteiger partial charge on any atom is -0.478 e. The van der Waals surface area contributed by atoms with E-state index in [1.54, 1.807) is 38.1 Å². The quantitative estimate of drug-likeness (QED) is 0.251. The highest BCUT2D eigenvalue weighted by molar-refractivity contribution is 6.08. The van der Waals surface area contributed by atoms with Gasteiger partial charge in [-0.15, -0.1) is 0 Å². The minimum absolute atomic E-state index is 0.0590. The third kappa shape index (κ3) is 5.50. The molecule has 1 atom stereocenters. The average Bonchev–Trinajstić information content (AvgIpc) is 2.88. The molecule has 0 saturated carbocycles. The first-order chi connectivity index (χ1) is 18.5. The fourth-order valence-electron chi connectivity index (χ4n) is 4.97. The molecule has 0 saturated heterocycles. The molecule has 39 heavy (non-hydrogen) atoms. The number of alkyl halides is 2. The van der Waals surface area contributed by atoms with E-state index in [2.05, 4.69) is 10.3 Å². The van der Waals surface area contributed by atoms with Crippen molar-refractivity contribution in [2.45, 2.75) is 32.1 Å². The number of carbonyl (C=O) groups excluding carboxylic acids is 1. The number of aromatic carboxylic acids is 1. The van der Waals surface area contributed by atoms with E-state index in [4.69, 9.17) is 9.84 Å². The third-order valence-corrected chi connectivity index (χ3v) is 6.85. The number of para-hydroxylation sites is 2. The summed E-state index contributed by atoms with van der Waals surface area (Å²) in [5.41, 5.74) is 1.23. The second kappa shape index (κ2) is 9.94. The van der Waals surface area contributed by atoms with Crippen LogP contribution in [0.5, 0.6) is 11.6 Å². The lowest BCUT2D eigenvalue weighted by molar-refractivity contribution is -0.00573. The summed E-state index contributed by atoms with van der Waals surface area (Å²) >= 11 is 0. The Hall–Kier alpha value is -4.59. The number of ether oxygens (including phenoxy) is 1. The molecule has 1 heterocycles. The normalized spacial score (nSPS) is 17.5. The number of halogens is 2. The number of benzene rings is 3. The summed E-state index contributed by atoms with van der Waals surface area (Å²) in [7, 11) is 0. The molecule has 1 aliphatic rings. The summed E-state index contributed by atoms with van der Waals surface area (Å²) in [4.78, 5) is 29.2. The first-order valence-electron chi connectivity index (χ1n) is 12.4. The largest absolute Gasteiger partial charge is 0.478 e. The number of rotatable bonds is 6. The lowest BCUT2D eigenvalue weighted by Crippen LogP contribution is -2.33. The van der Waals surface area contributed by atoms with Gasteiger partial charge in [0.05, 0.1) is 11.1 Å². The van der Waals surface area contributed by atoms with Gasteiger partial charge in [-0.25, -0.2) is 18.6 Å². The van der Waals surface area contributed by atoms with Crippen molar-refractivity contribution < 1.29 is 28.2 Å². The summed E-state index contributed by atoms with van der Waals surface area (Å²) in [6.07, 6.45) is 2.16. The number of aromatic nitrogens is 1. The molecular formula is C31H26F2N2O4. The van der Waals surface area contributed by atoms with Crippen LogP contribution in [0.2, 0.25) is 0 Å². The predicted molar refractivity (Wildman–Crippen MR) is 145 cm³/mol. The van der Waals surface area contributed by atoms with E-state index < -0.39 is 23.2 Å². The van der Waals surface area contributed by atoms with Crippen LogP contribution >= 0.6 is 0 Å². The van der Waals surface area contributed by atoms with Gasteiger partial charge in [-0.05, 0) is 54.0 Å². The summed E-state index contributed by atoms with van der Waals surface area (Å²) in [5, 5.41) is 12.6. The van der Waals surface area contributed by atoms with Crippen molar-refractivity contribution in [2.75, 3.05) is 5.32 Å². The zero-order chi connectivity index (χ0) is 27.8. The molecule has 8 heteroatoms. The van der Waals surface area contributed by atoms with E-state index in [0.29, 0.717) is 22.5 Å². The van der Waals surface area contributed by atoms with Crippen LogP contribution in [0.1, 0.15) is 52.5 Å². The van der Waals surface area contributed by atoms with E-state index >= 15 is 0 Å². The SMILES string of the molecule is CC1(C)CC(F)(F)C=CC1c1ccccc1Oc1nc2ccccc2cc1C(=O)Nc1ccc(C(=O)O)cc1. The molecule has 0 radical (unpaired) electrons. The first kappa shape index (κ1) is 26.0. The third-order valence-electron chi connectivity index (χ3n) is 6.85. The highest BCUT2D eigenvalue weighted by Crippen LogP contribution is 2.50. The Morgan fingerprint density at radius 1 is 1.00 bits per heavy atom. The molecular weight excluding hydrogens is 502 g/mol. The maximum absolute atomic E-state index is 14.2. The number of carboxylic acid groups (broad SMARTS) is 1. The van der Waals surface area contributed by atoms with Gasteiger partial charge in [-0.3, -0.25) is 4.79 Å². The van der Waals surface area contributed by atoms with Crippen LogP contribution < -0.4 is 10.1 Å². The van der Waals surface area contributed by atoms with Gasteiger partial charge in [0.1, 0.15) is 11.3 Å². The molecule has 1 aromatic heterocycles. The molecule has 198 valence electrons. The highest BCUT2D eigenvalue weighted by atomic mass is 19.3. The van der Waals surface area contributed by atoms with E-state index in [-0.39, 0.29) is 29.3 Å². The van der Waals surface area contributed by atoms with Gasteiger partial charge in [-0.1, -0.05) is 56.3 Å². The molecule has 3 aromatic carbocycles. The number of amides is 1. The van der Waals surface area contributed by atoms with Crippen molar-refractivity contribution in [3.63, 3.8) is 0 Å². The van der Waals surface area contributed by atoms with Crippen LogP contribution in [0.25, 0.3) is 10.9 Å². The van der Waals surface area contributed by atoms with Crippen LogP contribution in [0.3, 0.4) is 0 Å². The molecule has 1 amide bonds. The maximum Gasteiger partial charge on any atom is 0.335 e. The summed E-state index contributed by atoms with van der Waals surface area (Å²) in [5.74, 6) is -4.33. The van der Waals surface area contributed by atoms with Crippen molar-refractivity contribution in [3.8, 4) is 11.6 Å². The van der Waals surface area contributed by atoms with Crippen molar-refractivity contribution in [2.24, 2.45) is 5.41 Å². The number of nitrogens with zero attached hydrogens (tertiary/aromatic N) is 1.